The normalized spacial score (nSPS) is 10.6. The highest BCUT2D eigenvalue weighted by atomic mass is 32.2. The van der Waals surface area contributed by atoms with E-state index in [0.717, 1.165) is 11.1 Å². The molecule has 0 saturated heterocycles. The number of hydrogen-bond acceptors (Lipinski definition) is 3. The molecule has 0 aliphatic heterocycles. The van der Waals surface area contributed by atoms with Crippen molar-refractivity contribution in [3.63, 3.8) is 0 Å². The third-order valence-corrected chi connectivity index (χ3v) is 3.82. The Labute approximate surface area is 117 Å². The van der Waals surface area contributed by atoms with E-state index >= 15 is 0 Å². The summed E-state index contributed by atoms with van der Waals surface area (Å²) in [6.07, 6.45) is 0. The number of aryl methyl sites for hydroxylation is 1. The Hall–Kier alpha value is -1.49. The van der Waals surface area contributed by atoms with E-state index in [1.165, 1.54) is 6.07 Å². The van der Waals surface area contributed by atoms with Gasteiger partial charge in [0.15, 0.2) is 0 Å². The molecule has 5 heteroatoms. The Morgan fingerprint density at radius 3 is 2.47 bits per heavy atom. The lowest BCUT2D eigenvalue weighted by Crippen LogP contribution is -2.16. The molecule has 0 atom stereocenters. The minimum atomic E-state index is -0.978. The predicted octanol–water partition coefficient (Wildman–Crippen LogP) is 3.08. The number of aromatic carboxylic acids is 1. The third-order valence-electron chi connectivity index (χ3n) is 2.73. The van der Waals surface area contributed by atoms with Crippen LogP contribution in [0.3, 0.4) is 0 Å². The van der Waals surface area contributed by atoms with Crippen LogP contribution in [-0.4, -0.2) is 28.0 Å². The second-order valence-corrected chi connectivity index (χ2v) is 6.24. The summed E-state index contributed by atoms with van der Waals surface area (Å²) in [5.41, 5.74) is 2.34. The molecule has 0 spiro atoms. The number of carboxylic acid groups (broad SMARTS) is 1. The van der Waals surface area contributed by atoms with Gasteiger partial charge in [0.1, 0.15) is 0 Å². The lowest BCUT2D eigenvalue weighted by Gasteiger charge is -2.11. The first-order valence-corrected chi connectivity index (χ1v) is 7.12. The molecule has 0 saturated carbocycles. The highest BCUT2D eigenvalue weighted by molar-refractivity contribution is 8.00. The van der Waals surface area contributed by atoms with Crippen molar-refractivity contribution in [1.82, 2.24) is 0 Å². The van der Waals surface area contributed by atoms with Gasteiger partial charge < -0.3 is 10.4 Å². The van der Waals surface area contributed by atoms with Gasteiger partial charge in [-0.1, -0.05) is 13.8 Å². The number of carbonyl (C=O) groups is 2. The van der Waals surface area contributed by atoms with Gasteiger partial charge in [-0.05, 0) is 42.4 Å². The smallest absolute Gasteiger partial charge is 0.336 e. The summed E-state index contributed by atoms with van der Waals surface area (Å²) in [5.74, 6) is -0.723. The maximum Gasteiger partial charge on any atom is 0.336 e. The van der Waals surface area contributed by atoms with Crippen LogP contribution < -0.4 is 5.32 Å². The zero-order valence-electron chi connectivity index (χ0n) is 11.6. The fourth-order valence-corrected chi connectivity index (χ4v) is 2.15. The molecular weight excluding hydrogens is 262 g/mol. The molecule has 1 aromatic carbocycles. The third kappa shape index (κ3) is 4.59. The first kappa shape index (κ1) is 15.6. The van der Waals surface area contributed by atoms with Gasteiger partial charge in [-0.15, -0.1) is 11.8 Å². The van der Waals surface area contributed by atoms with Crippen molar-refractivity contribution < 1.29 is 14.7 Å². The van der Waals surface area contributed by atoms with Crippen LogP contribution in [0.1, 0.15) is 35.3 Å². The molecule has 1 aromatic rings. The van der Waals surface area contributed by atoms with Crippen LogP contribution >= 0.6 is 11.8 Å². The fourth-order valence-electron chi connectivity index (χ4n) is 1.59. The Bertz CT molecular complexity index is 498. The summed E-state index contributed by atoms with van der Waals surface area (Å²) in [4.78, 5) is 22.8. The van der Waals surface area contributed by atoms with Crippen molar-refractivity contribution in [2.24, 2.45) is 0 Å². The number of hydrogen-bond donors (Lipinski definition) is 2. The number of rotatable bonds is 5. The van der Waals surface area contributed by atoms with Crippen LogP contribution in [-0.2, 0) is 4.79 Å². The number of amides is 1. The van der Waals surface area contributed by atoms with E-state index in [0.29, 0.717) is 16.7 Å². The van der Waals surface area contributed by atoms with E-state index in [9.17, 15) is 9.59 Å². The van der Waals surface area contributed by atoms with E-state index in [-0.39, 0.29) is 11.5 Å². The van der Waals surface area contributed by atoms with Crippen molar-refractivity contribution in [3.05, 3.63) is 28.8 Å². The van der Waals surface area contributed by atoms with Crippen LogP contribution in [0.25, 0.3) is 0 Å². The molecule has 0 unspecified atom stereocenters. The van der Waals surface area contributed by atoms with Crippen molar-refractivity contribution in [2.75, 3.05) is 11.1 Å². The quantitative estimate of drug-likeness (QED) is 0.870. The second kappa shape index (κ2) is 6.61. The Kier molecular flexibility index (Phi) is 5.42. The zero-order chi connectivity index (χ0) is 14.6. The van der Waals surface area contributed by atoms with Crippen molar-refractivity contribution in [3.8, 4) is 0 Å². The van der Waals surface area contributed by atoms with Crippen LogP contribution in [0, 0.1) is 13.8 Å². The van der Waals surface area contributed by atoms with Crippen molar-refractivity contribution >= 4 is 29.3 Å². The number of anilines is 1. The molecule has 0 aromatic heterocycles. The minimum Gasteiger partial charge on any atom is -0.478 e. The highest BCUT2D eigenvalue weighted by Crippen LogP contribution is 2.20. The van der Waals surface area contributed by atoms with Crippen LogP contribution in [0.4, 0.5) is 5.69 Å². The van der Waals surface area contributed by atoms with Crippen LogP contribution in [0.2, 0.25) is 0 Å². The summed E-state index contributed by atoms with van der Waals surface area (Å²) in [7, 11) is 0. The maximum absolute atomic E-state index is 11.7. The lowest BCUT2D eigenvalue weighted by molar-refractivity contribution is -0.113. The monoisotopic (exact) mass is 281 g/mol. The summed E-state index contributed by atoms with van der Waals surface area (Å²) in [6.45, 7) is 7.65. The van der Waals surface area contributed by atoms with Crippen molar-refractivity contribution in [1.29, 1.82) is 0 Å². The van der Waals surface area contributed by atoms with E-state index in [1.54, 1.807) is 24.8 Å². The molecule has 2 N–H and O–H groups in total. The Morgan fingerprint density at radius 2 is 1.95 bits per heavy atom. The molecule has 0 bridgehead atoms. The molecular formula is C14H19NO3S. The van der Waals surface area contributed by atoms with Gasteiger partial charge in [0.05, 0.1) is 11.3 Å². The Morgan fingerprint density at radius 1 is 1.32 bits per heavy atom. The van der Waals surface area contributed by atoms with Gasteiger partial charge >= 0.3 is 5.97 Å². The van der Waals surface area contributed by atoms with E-state index in [1.807, 2.05) is 20.8 Å². The maximum atomic E-state index is 11.7. The number of benzene rings is 1. The average molecular weight is 281 g/mol. The number of nitrogens with one attached hydrogen (secondary N) is 1. The van der Waals surface area contributed by atoms with E-state index in [2.05, 4.69) is 5.32 Å². The molecule has 0 aliphatic carbocycles. The number of carboxylic acids is 1. The molecule has 0 aliphatic rings. The van der Waals surface area contributed by atoms with Gasteiger partial charge in [0, 0.05) is 5.69 Å². The molecule has 1 amide bonds. The summed E-state index contributed by atoms with van der Waals surface area (Å²) >= 11 is 1.55. The zero-order valence-corrected chi connectivity index (χ0v) is 12.4. The van der Waals surface area contributed by atoms with Gasteiger partial charge in [-0.3, -0.25) is 4.79 Å². The van der Waals surface area contributed by atoms with E-state index in [4.69, 9.17) is 5.11 Å². The largest absolute Gasteiger partial charge is 0.478 e. The number of thioether (sulfide) groups is 1. The summed E-state index contributed by atoms with van der Waals surface area (Å²) in [5, 5.41) is 12.2. The summed E-state index contributed by atoms with van der Waals surface area (Å²) in [6, 6.07) is 3.29. The van der Waals surface area contributed by atoms with Crippen molar-refractivity contribution in [2.45, 2.75) is 32.9 Å². The first-order chi connectivity index (χ1) is 8.81. The minimum absolute atomic E-state index is 0.113. The van der Waals surface area contributed by atoms with Gasteiger partial charge in [0.25, 0.3) is 0 Å². The van der Waals surface area contributed by atoms with E-state index < -0.39 is 5.97 Å². The highest BCUT2D eigenvalue weighted by Gasteiger charge is 2.12. The van der Waals surface area contributed by atoms with Gasteiger partial charge in [-0.2, -0.15) is 0 Å². The molecule has 104 valence electrons. The lowest BCUT2D eigenvalue weighted by atomic mass is 10.0. The predicted molar refractivity (Wildman–Crippen MR) is 79.1 cm³/mol. The number of carbonyl (C=O) groups excluding carboxylic acids is 1. The molecule has 1 rings (SSSR count). The molecule has 19 heavy (non-hydrogen) atoms. The molecule has 0 heterocycles. The van der Waals surface area contributed by atoms with Gasteiger partial charge in [-0.25, -0.2) is 4.79 Å². The SMILES string of the molecule is Cc1cc(NC(=O)CSC(C)C)cc(C(=O)O)c1C. The average Bonchev–Trinajstić information content (AvgIpc) is 2.30. The first-order valence-electron chi connectivity index (χ1n) is 6.07. The second-order valence-electron chi connectivity index (χ2n) is 4.68. The molecule has 4 nitrogen and oxygen atoms in total. The molecule has 0 radical (unpaired) electrons. The van der Waals surface area contributed by atoms with Crippen LogP contribution in [0.5, 0.6) is 0 Å². The Balaban J connectivity index is 2.85. The fraction of sp³-hybridized carbons (Fsp3) is 0.429. The topological polar surface area (TPSA) is 66.4 Å². The molecule has 0 fully saturated rings. The summed E-state index contributed by atoms with van der Waals surface area (Å²) < 4.78 is 0. The van der Waals surface area contributed by atoms with Crippen LogP contribution in [0.15, 0.2) is 12.1 Å². The standard InChI is InChI=1S/C14H19NO3S/c1-8(2)19-7-13(16)15-11-5-9(3)10(4)12(6-11)14(17)18/h5-6,8H,7H2,1-4H3,(H,15,16)(H,17,18). The van der Waals surface area contributed by atoms with Gasteiger partial charge in [0.2, 0.25) is 5.91 Å².